The highest BCUT2D eigenvalue weighted by atomic mass is 35.5. The number of amides is 1. The van der Waals surface area contributed by atoms with E-state index < -0.39 is 0 Å². The molecule has 1 rings (SSSR count). The smallest absolute Gasteiger partial charge is 0.224 e. The van der Waals surface area contributed by atoms with Crippen LogP contribution in [0.3, 0.4) is 0 Å². The van der Waals surface area contributed by atoms with E-state index >= 15 is 0 Å². The van der Waals surface area contributed by atoms with Crippen LogP contribution in [-0.2, 0) is 11.2 Å². The molecule has 19 heavy (non-hydrogen) atoms. The maximum atomic E-state index is 11.7. The maximum absolute atomic E-state index is 11.7. The van der Waals surface area contributed by atoms with Crippen LogP contribution < -0.4 is 5.32 Å². The molecule has 3 heteroatoms. The molecule has 0 fully saturated rings. The van der Waals surface area contributed by atoms with Crippen LogP contribution in [0.25, 0.3) is 0 Å². The van der Waals surface area contributed by atoms with Crippen molar-refractivity contribution in [2.45, 2.75) is 51.9 Å². The van der Waals surface area contributed by atoms with Crippen molar-refractivity contribution in [1.82, 2.24) is 5.32 Å². The number of carbonyl (C=O) groups excluding carboxylic acids is 1. The largest absolute Gasteiger partial charge is 0.356 e. The van der Waals surface area contributed by atoms with Gasteiger partial charge in [0, 0.05) is 11.6 Å². The lowest BCUT2D eigenvalue weighted by atomic mass is 10.1. The summed E-state index contributed by atoms with van der Waals surface area (Å²) in [4.78, 5) is 11.7. The number of nitrogens with one attached hydrogen (secondary N) is 1. The van der Waals surface area contributed by atoms with Gasteiger partial charge >= 0.3 is 0 Å². The molecule has 0 spiro atoms. The van der Waals surface area contributed by atoms with Gasteiger partial charge in [-0.25, -0.2) is 0 Å². The van der Waals surface area contributed by atoms with Crippen LogP contribution in [0.4, 0.5) is 0 Å². The lowest BCUT2D eigenvalue weighted by Crippen LogP contribution is -2.26. The predicted octanol–water partition coefficient (Wildman–Crippen LogP) is 4.36. The number of hydrogen-bond acceptors (Lipinski definition) is 1. The summed E-state index contributed by atoms with van der Waals surface area (Å²) in [5.74, 6) is 0.0934. The minimum absolute atomic E-state index is 0.0934. The van der Waals surface area contributed by atoms with E-state index in [9.17, 15) is 4.79 Å². The van der Waals surface area contributed by atoms with E-state index in [0.29, 0.717) is 11.4 Å². The molecule has 0 aliphatic carbocycles. The number of hydrogen-bond donors (Lipinski definition) is 1. The first-order chi connectivity index (χ1) is 9.22. The summed E-state index contributed by atoms with van der Waals surface area (Å²) in [7, 11) is 0. The summed E-state index contributed by atoms with van der Waals surface area (Å²) in [5, 5.41) is 3.67. The van der Waals surface area contributed by atoms with Crippen LogP contribution >= 0.6 is 11.6 Å². The molecule has 0 aromatic heterocycles. The fourth-order valence-electron chi connectivity index (χ4n) is 1.98. The summed E-state index contributed by atoms with van der Waals surface area (Å²) < 4.78 is 0. The first-order valence-corrected chi connectivity index (χ1v) is 7.61. The van der Waals surface area contributed by atoms with Crippen LogP contribution in [0.15, 0.2) is 24.3 Å². The molecule has 1 aromatic carbocycles. The second-order valence-corrected chi connectivity index (χ2v) is 5.36. The minimum atomic E-state index is 0.0934. The van der Waals surface area contributed by atoms with Gasteiger partial charge in [-0.1, -0.05) is 62.8 Å². The van der Waals surface area contributed by atoms with Gasteiger partial charge in [0.25, 0.3) is 0 Å². The molecule has 0 radical (unpaired) electrons. The lowest BCUT2D eigenvalue weighted by Gasteiger charge is -2.05. The summed E-state index contributed by atoms with van der Waals surface area (Å²) >= 11 is 5.80. The number of halogens is 1. The highest BCUT2D eigenvalue weighted by Gasteiger charge is 2.02. The molecule has 0 atom stereocenters. The Morgan fingerprint density at radius 2 is 1.68 bits per heavy atom. The van der Waals surface area contributed by atoms with Gasteiger partial charge in [-0.2, -0.15) is 0 Å². The summed E-state index contributed by atoms with van der Waals surface area (Å²) in [6, 6.07) is 7.43. The summed E-state index contributed by atoms with van der Waals surface area (Å²) in [5.41, 5.74) is 1.00. The SMILES string of the molecule is CCCCCCCCNC(=O)Cc1ccc(Cl)cc1. The molecule has 0 heterocycles. The molecule has 2 nitrogen and oxygen atoms in total. The first kappa shape index (κ1) is 16.0. The predicted molar refractivity (Wildman–Crippen MR) is 81.5 cm³/mol. The van der Waals surface area contributed by atoms with Crippen molar-refractivity contribution in [2.75, 3.05) is 6.54 Å². The Labute approximate surface area is 121 Å². The lowest BCUT2D eigenvalue weighted by molar-refractivity contribution is -0.120. The zero-order valence-electron chi connectivity index (χ0n) is 11.8. The molecule has 0 aliphatic heterocycles. The van der Waals surface area contributed by atoms with E-state index in [-0.39, 0.29) is 5.91 Å². The fraction of sp³-hybridized carbons (Fsp3) is 0.562. The molecule has 0 unspecified atom stereocenters. The molecule has 0 bridgehead atoms. The molecule has 106 valence electrons. The highest BCUT2D eigenvalue weighted by molar-refractivity contribution is 6.30. The Morgan fingerprint density at radius 1 is 1.05 bits per heavy atom. The molecular weight excluding hydrogens is 258 g/mol. The topological polar surface area (TPSA) is 29.1 Å². The van der Waals surface area contributed by atoms with Crippen molar-refractivity contribution in [3.63, 3.8) is 0 Å². The van der Waals surface area contributed by atoms with Gasteiger partial charge in [-0.05, 0) is 24.1 Å². The third-order valence-electron chi connectivity index (χ3n) is 3.13. The Hall–Kier alpha value is -1.02. The van der Waals surface area contributed by atoms with Crippen molar-refractivity contribution < 1.29 is 4.79 Å². The molecule has 1 aromatic rings. The number of unbranched alkanes of at least 4 members (excludes halogenated alkanes) is 5. The highest BCUT2D eigenvalue weighted by Crippen LogP contribution is 2.10. The minimum Gasteiger partial charge on any atom is -0.356 e. The standard InChI is InChI=1S/C16H24ClNO/c1-2-3-4-5-6-7-12-18-16(19)13-14-8-10-15(17)11-9-14/h8-11H,2-7,12-13H2,1H3,(H,18,19). The van der Waals surface area contributed by atoms with Gasteiger partial charge in [-0.3, -0.25) is 4.79 Å². The van der Waals surface area contributed by atoms with E-state index in [0.717, 1.165) is 18.5 Å². The molecule has 1 N–H and O–H groups in total. The van der Waals surface area contributed by atoms with Crippen LogP contribution in [0.2, 0.25) is 5.02 Å². The Bertz CT molecular complexity index is 362. The molecule has 0 saturated heterocycles. The van der Waals surface area contributed by atoms with Gasteiger partial charge in [-0.15, -0.1) is 0 Å². The Balaban J connectivity index is 2.06. The van der Waals surface area contributed by atoms with Crippen molar-refractivity contribution in [3.05, 3.63) is 34.9 Å². The van der Waals surface area contributed by atoms with Crippen LogP contribution in [-0.4, -0.2) is 12.5 Å². The average Bonchev–Trinajstić information content (AvgIpc) is 2.40. The van der Waals surface area contributed by atoms with Gasteiger partial charge < -0.3 is 5.32 Å². The van der Waals surface area contributed by atoms with Crippen molar-refractivity contribution >= 4 is 17.5 Å². The fourth-order valence-corrected chi connectivity index (χ4v) is 2.11. The molecule has 0 saturated carbocycles. The zero-order valence-corrected chi connectivity index (χ0v) is 12.5. The first-order valence-electron chi connectivity index (χ1n) is 7.23. The molecule has 1 amide bonds. The van der Waals surface area contributed by atoms with Crippen molar-refractivity contribution in [1.29, 1.82) is 0 Å². The molecule has 0 aliphatic rings. The Morgan fingerprint density at radius 3 is 2.37 bits per heavy atom. The van der Waals surface area contributed by atoms with Gasteiger partial charge in [0.05, 0.1) is 6.42 Å². The van der Waals surface area contributed by atoms with Gasteiger partial charge in [0.1, 0.15) is 0 Å². The van der Waals surface area contributed by atoms with Gasteiger partial charge in [0.2, 0.25) is 5.91 Å². The monoisotopic (exact) mass is 281 g/mol. The summed E-state index contributed by atoms with van der Waals surface area (Å²) in [6.45, 7) is 3.01. The van der Waals surface area contributed by atoms with E-state index in [4.69, 9.17) is 11.6 Å². The van der Waals surface area contributed by atoms with E-state index in [1.807, 2.05) is 24.3 Å². The van der Waals surface area contributed by atoms with Crippen LogP contribution in [0, 0.1) is 0 Å². The number of carbonyl (C=O) groups is 1. The average molecular weight is 282 g/mol. The maximum Gasteiger partial charge on any atom is 0.224 e. The van der Waals surface area contributed by atoms with Gasteiger partial charge in [0.15, 0.2) is 0 Å². The third kappa shape index (κ3) is 7.89. The zero-order chi connectivity index (χ0) is 13.9. The van der Waals surface area contributed by atoms with E-state index in [2.05, 4.69) is 12.2 Å². The van der Waals surface area contributed by atoms with Crippen molar-refractivity contribution in [2.24, 2.45) is 0 Å². The van der Waals surface area contributed by atoms with Crippen molar-refractivity contribution in [3.8, 4) is 0 Å². The number of benzene rings is 1. The van der Waals surface area contributed by atoms with Crippen LogP contribution in [0.1, 0.15) is 51.0 Å². The quantitative estimate of drug-likeness (QED) is 0.670. The summed E-state index contributed by atoms with van der Waals surface area (Å²) in [6.07, 6.45) is 7.92. The molecular formula is C16H24ClNO. The third-order valence-corrected chi connectivity index (χ3v) is 3.38. The number of rotatable bonds is 9. The second-order valence-electron chi connectivity index (χ2n) is 4.92. The Kier molecular flexibility index (Phi) is 8.31. The van der Waals surface area contributed by atoms with E-state index in [1.54, 1.807) is 0 Å². The van der Waals surface area contributed by atoms with E-state index in [1.165, 1.54) is 32.1 Å². The second kappa shape index (κ2) is 9.85. The normalized spacial score (nSPS) is 10.4. The van der Waals surface area contributed by atoms with Crippen LogP contribution in [0.5, 0.6) is 0 Å².